The van der Waals surface area contributed by atoms with Crippen LogP contribution in [0.4, 0.5) is 0 Å². The summed E-state index contributed by atoms with van der Waals surface area (Å²) in [5.74, 6) is 1.42. The fourth-order valence-corrected chi connectivity index (χ4v) is 2.27. The molecule has 0 saturated heterocycles. The van der Waals surface area contributed by atoms with Crippen LogP contribution in [0.3, 0.4) is 0 Å². The summed E-state index contributed by atoms with van der Waals surface area (Å²) >= 11 is 0. The molecule has 21 heavy (non-hydrogen) atoms. The van der Waals surface area contributed by atoms with Crippen molar-refractivity contribution in [2.24, 2.45) is 5.16 Å². The maximum atomic E-state index is 9.90. The fraction of sp³-hybridized carbons (Fsp3) is 0.133. The summed E-state index contributed by atoms with van der Waals surface area (Å²) in [6, 6.07) is 12.9. The van der Waals surface area contributed by atoms with Crippen LogP contribution in [0.5, 0.6) is 11.5 Å². The molecule has 0 atom stereocenters. The molecule has 106 valence electrons. The quantitative estimate of drug-likeness (QED) is 0.859. The Bertz CT molecular complexity index is 702. The number of nitrogens with zero attached hydrogens (tertiary/aromatic N) is 1. The predicted octanol–water partition coefficient (Wildman–Crippen LogP) is 1.17. The fourth-order valence-electron chi connectivity index (χ4n) is 2.27. The highest BCUT2D eigenvalue weighted by Gasteiger charge is 2.30. The van der Waals surface area contributed by atoms with Crippen molar-refractivity contribution in [3.05, 3.63) is 53.6 Å². The van der Waals surface area contributed by atoms with E-state index in [1.54, 1.807) is 26.4 Å². The van der Waals surface area contributed by atoms with Gasteiger partial charge in [-0.2, -0.15) is 0 Å². The first kappa shape index (κ1) is 13.5. The Morgan fingerprint density at radius 1 is 1.05 bits per heavy atom. The number of rotatable bonds is 3. The molecule has 2 aromatic rings. The van der Waals surface area contributed by atoms with Crippen LogP contribution in [0.15, 0.2) is 47.6 Å². The smallest absolute Gasteiger partial charge is 0.497 e. The van der Waals surface area contributed by atoms with Crippen molar-refractivity contribution >= 4 is 18.3 Å². The average Bonchev–Trinajstić information content (AvgIpc) is 2.55. The van der Waals surface area contributed by atoms with Gasteiger partial charge in [0.1, 0.15) is 17.2 Å². The van der Waals surface area contributed by atoms with Crippen LogP contribution >= 0.6 is 0 Å². The number of benzene rings is 2. The van der Waals surface area contributed by atoms with Gasteiger partial charge in [-0.1, -0.05) is 18.2 Å². The summed E-state index contributed by atoms with van der Waals surface area (Å²) in [5.41, 5.74) is 2.91. The standard InChI is InChI=1S/C15H14BNO4/c1-19-11-5-3-4-10(8-11)15-13-9-12(20-2)6-7-14(13)16(18)21-17-15/h3-9,18H,1-2H3. The second-order valence-corrected chi connectivity index (χ2v) is 4.58. The van der Waals surface area contributed by atoms with E-state index in [0.29, 0.717) is 16.9 Å². The number of ether oxygens (including phenoxy) is 2. The van der Waals surface area contributed by atoms with Gasteiger partial charge in [-0.25, -0.2) is 0 Å². The van der Waals surface area contributed by atoms with Crippen molar-refractivity contribution < 1.29 is 19.3 Å². The van der Waals surface area contributed by atoms with E-state index in [1.165, 1.54) is 0 Å². The van der Waals surface area contributed by atoms with Gasteiger partial charge in [0.25, 0.3) is 0 Å². The molecule has 1 aliphatic rings. The maximum absolute atomic E-state index is 9.90. The Hall–Kier alpha value is -2.47. The van der Waals surface area contributed by atoms with Crippen LogP contribution in [0, 0.1) is 0 Å². The number of fused-ring (bicyclic) bond motifs is 1. The number of oxime groups is 1. The minimum absolute atomic E-state index is 0.633. The van der Waals surface area contributed by atoms with Gasteiger partial charge < -0.3 is 19.3 Å². The van der Waals surface area contributed by atoms with Gasteiger partial charge in [0.15, 0.2) is 0 Å². The Labute approximate surface area is 122 Å². The lowest BCUT2D eigenvalue weighted by Crippen LogP contribution is -2.40. The summed E-state index contributed by atoms with van der Waals surface area (Å²) in [4.78, 5) is 0. The monoisotopic (exact) mass is 283 g/mol. The first-order chi connectivity index (χ1) is 10.2. The van der Waals surface area contributed by atoms with Gasteiger partial charge in [-0.15, -0.1) is 5.16 Å². The number of hydrogen-bond acceptors (Lipinski definition) is 5. The van der Waals surface area contributed by atoms with E-state index in [0.717, 1.165) is 16.9 Å². The van der Waals surface area contributed by atoms with Crippen molar-refractivity contribution in [3.8, 4) is 11.5 Å². The van der Waals surface area contributed by atoms with Gasteiger partial charge in [-0.05, 0) is 24.3 Å². The number of methoxy groups -OCH3 is 2. The highest BCUT2D eigenvalue weighted by molar-refractivity contribution is 6.63. The molecule has 3 rings (SSSR count). The van der Waals surface area contributed by atoms with Crippen LogP contribution in [0.2, 0.25) is 0 Å². The zero-order chi connectivity index (χ0) is 14.8. The Kier molecular flexibility index (Phi) is 3.54. The first-order valence-corrected chi connectivity index (χ1v) is 6.47. The molecule has 0 aliphatic carbocycles. The lowest BCUT2D eigenvalue weighted by molar-refractivity contribution is 0.284. The van der Waals surface area contributed by atoms with E-state index < -0.39 is 7.12 Å². The Morgan fingerprint density at radius 3 is 2.57 bits per heavy atom. The van der Waals surface area contributed by atoms with Gasteiger partial charge in [-0.3, -0.25) is 0 Å². The zero-order valence-corrected chi connectivity index (χ0v) is 11.7. The highest BCUT2D eigenvalue weighted by atomic mass is 16.6. The van der Waals surface area contributed by atoms with E-state index in [1.807, 2.05) is 30.3 Å². The predicted molar refractivity (Wildman–Crippen MR) is 80.3 cm³/mol. The van der Waals surface area contributed by atoms with Crippen LogP contribution in [-0.4, -0.2) is 32.1 Å². The summed E-state index contributed by atoms with van der Waals surface area (Å²) in [5, 5.41) is 13.9. The molecule has 0 unspecified atom stereocenters. The molecule has 0 aromatic heterocycles. The minimum atomic E-state index is -1.07. The summed E-state index contributed by atoms with van der Waals surface area (Å²) in [6.07, 6.45) is 0. The molecule has 0 saturated carbocycles. The van der Waals surface area contributed by atoms with Crippen molar-refractivity contribution in [1.29, 1.82) is 0 Å². The third-order valence-electron chi connectivity index (χ3n) is 3.37. The van der Waals surface area contributed by atoms with Gasteiger partial charge >= 0.3 is 7.12 Å². The Balaban J connectivity index is 2.12. The normalized spacial score (nSPS) is 13.1. The minimum Gasteiger partial charge on any atom is -0.497 e. The Morgan fingerprint density at radius 2 is 1.81 bits per heavy atom. The largest absolute Gasteiger partial charge is 0.583 e. The van der Waals surface area contributed by atoms with E-state index in [2.05, 4.69) is 5.16 Å². The zero-order valence-electron chi connectivity index (χ0n) is 11.7. The molecule has 0 fully saturated rings. The van der Waals surface area contributed by atoms with Crippen LogP contribution in [0.25, 0.3) is 0 Å². The molecule has 0 bridgehead atoms. The second-order valence-electron chi connectivity index (χ2n) is 4.58. The van der Waals surface area contributed by atoms with Crippen molar-refractivity contribution in [1.82, 2.24) is 0 Å². The van der Waals surface area contributed by atoms with Crippen LogP contribution in [0.1, 0.15) is 11.1 Å². The third-order valence-corrected chi connectivity index (χ3v) is 3.37. The molecule has 2 aromatic carbocycles. The number of hydrogen-bond donors (Lipinski definition) is 1. The second kappa shape index (κ2) is 5.50. The molecule has 1 N–H and O–H groups in total. The molecule has 6 heteroatoms. The third kappa shape index (κ3) is 2.45. The van der Waals surface area contributed by atoms with Gasteiger partial charge in [0.05, 0.1) is 14.2 Å². The van der Waals surface area contributed by atoms with E-state index in [-0.39, 0.29) is 0 Å². The summed E-state index contributed by atoms with van der Waals surface area (Å²) in [7, 11) is 2.14. The lowest BCUT2D eigenvalue weighted by atomic mass is 9.74. The van der Waals surface area contributed by atoms with E-state index in [4.69, 9.17) is 14.2 Å². The van der Waals surface area contributed by atoms with Crippen LogP contribution in [-0.2, 0) is 4.76 Å². The van der Waals surface area contributed by atoms with Gasteiger partial charge in [0.2, 0.25) is 0 Å². The van der Waals surface area contributed by atoms with E-state index in [9.17, 15) is 5.02 Å². The van der Waals surface area contributed by atoms with E-state index >= 15 is 0 Å². The molecule has 1 aliphatic heterocycles. The molecule has 5 nitrogen and oxygen atoms in total. The SMILES string of the molecule is COc1cccc(C2=NOB(O)c3ccc(OC)cc32)c1. The topological polar surface area (TPSA) is 60.3 Å². The molecule has 1 heterocycles. The molecular formula is C15H14BNO4. The molecule has 0 spiro atoms. The van der Waals surface area contributed by atoms with Crippen LogP contribution < -0.4 is 14.9 Å². The maximum Gasteiger partial charge on any atom is 0.583 e. The van der Waals surface area contributed by atoms with Crippen molar-refractivity contribution in [3.63, 3.8) is 0 Å². The van der Waals surface area contributed by atoms with Crippen molar-refractivity contribution in [2.45, 2.75) is 0 Å². The summed E-state index contributed by atoms with van der Waals surface area (Å²) < 4.78 is 15.6. The van der Waals surface area contributed by atoms with Crippen molar-refractivity contribution in [2.75, 3.05) is 14.2 Å². The first-order valence-electron chi connectivity index (χ1n) is 6.47. The molecule has 0 amide bonds. The van der Waals surface area contributed by atoms with Gasteiger partial charge in [0, 0.05) is 16.6 Å². The summed E-state index contributed by atoms with van der Waals surface area (Å²) in [6.45, 7) is 0. The average molecular weight is 283 g/mol. The molecular weight excluding hydrogens is 269 g/mol. The molecule has 0 radical (unpaired) electrons. The lowest BCUT2D eigenvalue weighted by Gasteiger charge is -2.19. The highest BCUT2D eigenvalue weighted by Crippen LogP contribution is 2.21.